The van der Waals surface area contributed by atoms with E-state index in [-0.39, 0.29) is 17.1 Å². The average Bonchev–Trinajstić information content (AvgIpc) is 3.35. The maximum atomic E-state index is 10.9. The topological polar surface area (TPSA) is 29.5 Å². The van der Waals surface area contributed by atoms with E-state index in [9.17, 15) is 5.11 Å². The minimum Gasteiger partial charge on any atom is -0.393 e. The lowest BCUT2D eigenvalue weighted by molar-refractivity contribution is -0.174. The zero-order chi connectivity index (χ0) is 23.7. The number of hydrogen-bond acceptors (Lipinski definition) is 2. The third kappa shape index (κ3) is 2.65. The molecule has 0 amide bonds. The summed E-state index contributed by atoms with van der Waals surface area (Å²) in [6.07, 6.45) is 15.0. The molecule has 2 heteroatoms. The molecule has 10 atom stereocenters. The number of aliphatic hydroxyl groups excluding tert-OH is 1. The van der Waals surface area contributed by atoms with Crippen molar-refractivity contribution in [1.29, 1.82) is 0 Å². The van der Waals surface area contributed by atoms with Gasteiger partial charge in [-0.2, -0.15) is 0 Å². The van der Waals surface area contributed by atoms with Gasteiger partial charge in [0, 0.05) is 0 Å². The summed E-state index contributed by atoms with van der Waals surface area (Å²) in [6, 6.07) is 0. The van der Waals surface area contributed by atoms with Gasteiger partial charge in [-0.3, -0.25) is 0 Å². The van der Waals surface area contributed by atoms with Crippen molar-refractivity contribution in [2.24, 2.45) is 56.7 Å². The zero-order valence-electron chi connectivity index (χ0n) is 22.8. The normalized spacial score (nSPS) is 59.4. The van der Waals surface area contributed by atoms with Gasteiger partial charge in [-0.25, -0.2) is 0 Å². The Labute approximate surface area is 204 Å². The van der Waals surface area contributed by atoms with E-state index in [1.165, 1.54) is 64.2 Å². The molecule has 0 bridgehead atoms. The molecule has 6 aliphatic rings. The van der Waals surface area contributed by atoms with Gasteiger partial charge in [-0.15, -0.1) is 0 Å². The summed E-state index contributed by atoms with van der Waals surface area (Å²) in [4.78, 5) is 0. The summed E-state index contributed by atoms with van der Waals surface area (Å²) < 4.78 is 6.62. The first-order valence-electron chi connectivity index (χ1n) is 14.7. The molecule has 2 spiro atoms. The molecule has 1 aliphatic heterocycles. The lowest BCUT2D eigenvalue weighted by Crippen LogP contribution is -2.58. The molecule has 0 aromatic rings. The predicted octanol–water partition coefficient (Wildman–Crippen LogP) is 7.63. The van der Waals surface area contributed by atoms with Crippen molar-refractivity contribution in [3.05, 3.63) is 0 Å². The van der Waals surface area contributed by atoms with E-state index in [0.717, 1.165) is 36.7 Å². The Bertz CT molecular complexity index is 808. The molecule has 1 N–H and O–H groups in total. The quantitative estimate of drug-likeness (QED) is 0.463. The van der Waals surface area contributed by atoms with E-state index >= 15 is 0 Å². The summed E-state index contributed by atoms with van der Waals surface area (Å²) in [5.41, 5.74) is 2.36. The maximum absolute atomic E-state index is 10.9. The van der Waals surface area contributed by atoms with Crippen molar-refractivity contribution in [2.75, 3.05) is 6.61 Å². The van der Waals surface area contributed by atoms with Crippen LogP contribution < -0.4 is 0 Å². The molecule has 0 aromatic heterocycles. The Kier molecular flexibility index (Phi) is 4.82. The van der Waals surface area contributed by atoms with Crippen molar-refractivity contribution in [3.8, 4) is 0 Å². The van der Waals surface area contributed by atoms with Crippen LogP contribution in [0.4, 0.5) is 0 Å². The van der Waals surface area contributed by atoms with E-state index in [4.69, 9.17) is 4.74 Å². The molecule has 1 saturated heterocycles. The van der Waals surface area contributed by atoms with E-state index in [1.807, 2.05) is 0 Å². The number of aliphatic hydroxyl groups is 1. The lowest BCUT2D eigenvalue weighted by atomic mass is 9.41. The second-order valence-corrected chi connectivity index (χ2v) is 15.6. The highest BCUT2D eigenvalue weighted by Gasteiger charge is 2.82. The lowest BCUT2D eigenvalue weighted by Gasteiger charge is -2.63. The third-order valence-corrected chi connectivity index (χ3v) is 14.6. The Hall–Kier alpha value is -0.0800. The number of hydrogen-bond donors (Lipinski definition) is 1. The van der Waals surface area contributed by atoms with Crippen molar-refractivity contribution in [1.82, 2.24) is 0 Å². The molecule has 0 aromatic carbocycles. The molecule has 2 nitrogen and oxygen atoms in total. The smallest absolute Gasteiger partial charge is 0.0677 e. The molecule has 6 rings (SSSR count). The minimum absolute atomic E-state index is 0.0903. The van der Waals surface area contributed by atoms with Gasteiger partial charge in [0.05, 0.1) is 18.3 Å². The van der Waals surface area contributed by atoms with Gasteiger partial charge in [0.15, 0.2) is 0 Å². The first-order chi connectivity index (χ1) is 15.4. The summed E-state index contributed by atoms with van der Waals surface area (Å²) in [6.45, 7) is 18.3. The highest BCUT2D eigenvalue weighted by atomic mass is 16.5. The molecule has 188 valence electrons. The molecular weight excluding hydrogens is 404 g/mol. The summed E-state index contributed by atoms with van der Waals surface area (Å²) in [7, 11) is 0. The summed E-state index contributed by atoms with van der Waals surface area (Å²) in [5, 5.41) is 10.9. The Balaban J connectivity index is 1.26. The van der Waals surface area contributed by atoms with E-state index in [1.54, 1.807) is 0 Å². The van der Waals surface area contributed by atoms with Crippen LogP contribution in [-0.2, 0) is 4.74 Å². The van der Waals surface area contributed by atoms with E-state index < -0.39 is 0 Å². The monoisotopic (exact) mass is 456 g/mol. The van der Waals surface area contributed by atoms with Gasteiger partial charge in [0.25, 0.3) is 0 Å². The maximum Gasteiger partial charge on any atom is 0.0677 e. The van der Waals surface area contributed by atoms with Crippen LogP contribution in [0.5, 0.6) is 0 Å². The fraction of sp³-hybridized carbons (Fsp3) is 1.00. The second-order valence-electron chi connectivity index (χ2n) is 15.6. The van der Waals surface area contributed by atoms with Crippen LogP contribution in [0.1, 0.15) is 119 Å². The summed E-state index contributed by atoms with van der Waals surface area (Å²) >= 11 is 0. The standard InChI is InChI=1S/C31H52O2/c1-20(2)29(7)14-10-21(18-33-29)22-11-13-28(6)24-9-8-23-26(3,4)25(32)12-15-30(23)19-31(24,30)17-16-27(22,28)5/h20-25,32H,8-19H2,1-7H3. The molecule has 6 fully saturated rings. The molecule has 10 unspecified atom stereocenters. The molecule has 5 saturated carbocycles. The highest BCUT2D eigenvalue weighted by molar-refractivity contribution is 5.30. The molecule has 33 heavy (non-hydrogen) atoms. The van der Waals surface area contributed by atoms with Gasteiger partial charge in [-0.05, 0) is 134 Å². The first kappa shape index (κ1) is 23.3. The third-order valence-electron chi connectivity index (χ3n) is 14.6. The van der Waals surface area contributed by atoms with Crippen LogP contribution in [0.25, 0.3) is 0 Å². The molecule has 0 radical (unpaired) electrons. The highest BCUT2D eigenvalue weighted by Crippen LogP contribution is 2.89. The van der Waals surface area contributed by atoms with Gasteiger partial charge in [0.2, 0.25) is 0 Å². The van der Waals surface area contributed by atoms with Crippen LogP contribution in [0.15, 0.2) is 0 Å². The first-order valence-corrected chi connectivity index (χ1v) is 14.7. The largest absolute Gasteiger partial charge is 0.393 e. The van der Waals surface area contributed by atoms with Gasteiger partial charge < -0.3 is 9.84 Å². The van der Waals surface area contributed by atoms with Gasteiger partial charge in [0.1, 0.15) is 0 Å². The van der Waals surface area contributed by atoms with Crippen LogP contribution in [-0.4, -0.2) is 23.4 Å². The zero-order valence-corrected chi connectivity index (χ0v) is 22.8. The van der Waals surface area contributed by atoms with E-state index in [0.29, 0.717) is 27.6 Å². The van der Waals surface area contributed by atoms with Gasteiger partial charge >= 0.3 is 0 Å². The second kappa shape index (κ2) is 6.81. The van der Waals surface area contributed by atoms with Gasteiger partial charge in [-0.1, -0.05) is 41.5 Å². The van der Waals surface area contributed by atoms with Crippen molar-refractivity contribution >= 4 is 0 Å². The molecule has 5 aliphatic carbocycles. The number of rotatable bonds is 2. The van der Waals surface area contributed by atoms with Crippen molar-refractivity contribution < 1.29 is 9.84 Å². The Morgan fingerprint density at radius 3 is 2.09 bits per heavy atom. The van der Waals surface area contributed by atoms with Crippen LogP contribution in [0.2, 0.25) is 0 Å². The minimum atomic E-state index is -0.0922. The number of ether oxygens (including phenoxy) is 1. The summed E-state index contributed by atoms with van der Waals surface area (Å²) in [5.74, 6) is 3.90. The molecule has 1 heterocycles. The molecular formula is C31H52O2. The fourth-order valence-corrected chi connectivity index (χ4v) is 11.8. The van der Waals surface area contributed by atoms with Crippen molar-refractivity contribution in [2.45, 2.75) is 131 Å². The van der Waals surface area contributed by atoms with Crippen LogP contribution in [0, 0.1) is 56.7 Å². The van der Waals surface area contributed by atoms with Crippen LogP contribution >= 0.6 is 0 Å². The fourth-order valence-electron chi connectivity index (χ4n) is 11.8. The SMILES string of the molecule is CC(C)C1(C)CCC(C2CCC3(C)C4CCC5C(C)(C)C(O)CCC56CC46CCC23C)CO1. The Morgan fingerprint density at radius 2 is 1.42 bits per heavy atom. The predicted molar refractivity (Wildman–Crippen MR) is 135 cm³/mol. The average molecular weight is 457 g/mol. The van der Waals surface area contributed by atoms with Crippen LogP contribution in [0.3, 0.4) is 0 Å². The van der Waals surface area contributed by atoms with E-state index in [2.05, 4.69) is 48.5 Å². The Morgan fingerprint density at radius 1 is 0.727 bits per heavy atom. The van der Waals surface area contributed by atoms with Crippen molar-refractivity contribution in [3.63, 3.8) is 0 Å². The number of fused-ring (bicyclic) bond motifs is 2.